The number of nitrogens with zero attached hydrogens (tertiary/aromatic N) is 3. The predicted octanol–water partition coefficient (Wildman–Crippen LogP) is 3.16. The topological polar surface area (TPSA) is 36.4 Å². The van der Waals surface area contributed by atoms with Crippen molar-refractivity contribution in [2.24, 2.45) is 0 Å². The highest BCUT2D eigenvalue weighted by atomic mass is 19.1. The fraction of sp³-hybridized carbons (Fsp3) is 0.400. The minimum Gasteiger partial charge on any atom is -0.348 e. The number of rotatable bonds is 4. The monoisotopic (exact) mass is 341 g/mol. The molecule has 1 aliphatic heterocycles. The first-order valence-electron chi connectivity index (χ1n) is 8.69. The summed E-state index contributed by atoms with van der Waals surface area (Å²) in [6.07, 6.45) is 2.08. The number of carbonyl (C=O) groups excluding carboxylic acids is 1. The molecule has 1 aliphatic rings. The van der Waals surface area contributed by atoms with Crippen molar-refractivity contribution < 1.29 is 9.18 Å². The molecule has 0 bridgehead atoms. The number of amides is 1. The van der Waals surface area contributed by atoms with Crippen molar-refractivity contribution in [3.8, 4) is 11.3 Å². The Kier molecular flexibility index (Phi) is 5.43. The van der Waals surface area contributed by atoms with Gasteiger partial charge in [0.25, 0.3) is 0 Å². The number of halogens is 1. The molecule has 25 heavy (non-hydrogen) atoms. The summed E-state index contributed by atoms with van der Waals surface area (Å²) < 4.78 is 14.0. The van der Waals surface area contributed by atoms with Crippen LogP contribution in [0.3, 0.4) is 0 Å². The van der Waals surface area contributed by atoms with Gasteiger partial charge < -0.3 is 4.90 Å². The zero-order valence-electron chi connectivity index (χ0n) is 14.8. The average molecular weight is 341 g/mol. The molecule has 2 aromatic rings. The van der Waals surface area contributed by atoms with E-state index in [1.807, 2.05) is 24.3 Å². The van der Waals surface area contributed by atoms with Crippen LogP contribution >= 0.6 is 0 Å². The Labute approximate surface area is 148 Å². The number of likely N-dealkylation sites (tertiary alicyclic amines) is 1. The van der Waals surface area contributed by atoms with Crippen LogP contribution in [0.5, 0.6) is 0 Å². The van der Waals surface area contributed by atoms with Crippen molar-refractivity contribution in [2.45, 2.75) is 18.8 Å². The van der Waals surface area contributed by atoms with Crippen LogP contribution < -0.4 is 0 Å². The molecule has 132 valence electrons. The molecule has 1 unspecified atom stereocenters. The molecule has 5 heteroatoms. The maximum absolute atomic E-state index is 14.0. The molecule has 1 fully saturated rings. The van der Waals surface area contributed by atoms with Crippen LogP contribution in [0.25, 0.3) is 11.3 Å². The van der Waals surface area contributed by atoms with Gasteiger partial charge in [-0.1, -0.05) is 18.2 Å². The highest BCUT2D eigenvalue weighted by molar-refractivity contribution is 5.77. The Bertz CT molecular complexity index is 747. The van der Waals surface area contributed by atoms with E-state index in [1.165, 1.54) is 6.07 Å². The third kappa shape index (κ3) is 4.23. The lowest BCUT2D eigenvalue weighted by atomic mass is 9.93. The lowest BCUT2D eigenvalue weighted by Gasteiger charge is -2.32. The molecule has 0 spiro atoms. The van der Waals surface area contributed by atoms with Gasteiger partial charge in [-0.05, 0) is 43.7 Å². The number of piperidine rings is 1. The van der Waals surface area contributed by atoms with Crippen LogP contribution in [0.15, 0.2) is 42.5 Å². The van der Waals surface area contributed by atoms with E-state index in [1.54, 1.807) is 31.1 Å². The number of pyridine rings is 1. The van der Waals surface area contributed by atoms with Gasteiger partial charge in [-0.2, -0.15) is 0 Å². The molecule has 0 aliphatic carbocycles. The molecule has 1 aromatic carbocycles. The second-order valence-electron chi connectivity index (χ2n) is 6.79. The Morgan fingerprint density at radius 3 is 2.80 bits per heavy atom. The number of hydrogen-bond donors (Lipinski definition) is 0. The Morgan fingerprint density at radius 2 is 2.04 bits per heavy atom. The summed E-state index contributed by atoms with van der Waals surface area (Å²) in [6.45, 7) is 2.19. The number of benzene rings is 1. The number of hydrogen-bond acceptors (Lipinski definition) is 3. The summed E-state index contributed by atoms with van der Waals surface area (Å²) in [4.78, 5) is 20.5. The first-order valence-corrected chi connectivity index (χ1v) is 8.69. The number of carbonyl (C=O) groups is 1. The molecular formula is C20H24FN3O. The summed E-state index contributed by atoms with van der Waals surface area (Å²) in [5.74, 6) is 0.137. The van der Waals surface area contributed by atoms with Crippen LogP contribution in [-0.4, -0.2) is 54.4 Å². The van der Waals surface area contributed by atoms with Gasteiger partial charge >= 0.3 is 0 Å². The fourth-order valence-electron chi connectivity index (χ4n) is 3.27. The van der Waals surface area contributed by atoms with Gasteiger partial charge in [0.05, 0.1) is 12.2 Å². The smallest absolute Gasteiger partial charge is 0.236 e. The van der Waals surface area contributed by atoms with Crippen molar-refractivity contribution >= 4 is 5.91 Å². The Morgan fingerprint density at radius 1 is 1.24 bits per heavy atom. The first-order chi connectivity index (χ1) is 12.0. The molecule has 1 atom stereocenters. The summed E-state index contributed by atoms with van der Waals surface area (Å²) in [5, 5.41) is 0. The number of likely N-dealkylation sites (N-methyl/N-ethyl adjacent to an activating group) is 1. The van der Waals surface area contributed by atoms with Crippen molar-refractivity contribution in [1.29, 1.82) is 0 Å². The van der Waals surface area contributed by atoms with Gasteiger partial charge in [0, 0.05) is 37.8 Å². The standard InChI is InChI=1S/C20H24FN3O/c1-23(2)20(25)14-24-12-6-7-15(13-24)18-10-5-11-19(22-18)16-8-3-4-9-17(16)21/h3-5,8-11,15H,6-7,12-14H2,1-2H3. The molecule has 0 radical (unpaired) electrons. The molecule has 4 nitrogen and oxygen atoms in total. The Balaban J connectivity index is 1.77. The minimum atomic E-state index is -0.256. The minimum absolute atomic E-state index is 0.119. The SMILES string of the molecule is CN(C)C(=O)CN1CCCC(c2cccc(-c3ccccc3F)n2)C1. The molecule has 1 aromatic heterocycles. The summed E-state index contributed by atoms with van der Waals surface area (Å²) >= 11 is 0. The largest absolute Gasteiger partial charge is 0.348 e. The fourth-order valence-corrected chi connectivity index (χ4v) is 3.27. The predicted molar refractivity (Wildman–Crippen MR) is 96.7 cm³/mol. The lowest BCUT2D eigenvalue weighted by Crippen LogP contribution is -2.41. The van der Waals surface area contributed by atoms with Crippen molar-refractivity contribution in [3.63, 3.8) is 0 Å². The Hall–Kier alpha value is -2.27. The van der Waals surface area contributed by atoms with E-state index < -0.39 is 0 Å². The third-order valence-electron chi connectivity index (χ3n) is 4.70. The van der Waals surface area contributed by atoms with Crippen LogP contribution in [0, 0.1) is 5.82 Å². The van der Waals surface area contributed by atoms with Gasteiger partial charge in [-0.3, -0.25) is 14.7 Å². The van der Waals surface area contributed by atoms with Crippen molar-refractivity contribution in [3.05, 3.63) is 54.0 Å². The molecule has 1 saturated heterocycles. The number of aromatic nitrogens is 1. The molecule has 1 amide bonds. The normalized spacial score (nSPS) is 18.1. The van der Waals surface area contributed by atoms with E-state index in [9.17, 15) is 9.18 Å². The summed E-state index contributed by atoms with van der Waals surface area (Å²) in [7, 11) is 3.56. The highest BCUT2D eigenvalue weighted by Gasteiger charge is 2.24. The summed E-state index contributed by atoms with van der Waals surface area (Å²) in [6, 6.07) is 12.5. The van der Waals surface area contributed by atoms with E-state index in [-0.39, 0.29) is 17.6 Å². The van der Waals surface area contributed by atoms with Crippen LogP contribution in [0.1, 0.15) is 24.5 Å². The van der Waals surface area contributed by atoms with Gasteiger partial charge in [-0.25, -0.2) is 4.39 Å². The molecule has 3 rings (SSSR count). The molecule has 0 saturated carbocycles. The van der Waals surface area contributed by atoms with Crippen LogP contribution in [0.4, 0.5) is 4.39 Å². The maximum Gasteiger partial charge on any atom is 0.236 e. The summed E-state index contributed by atoms with van der Waals surface area (Å²) in [5.41, 5.74) is 2.17. The first kappa shape index (κ1) is 17.5. The highest BCUT2D eigenvalue weighted by Crippen LogP contribution is 2.28. The van der Waals surface area contributed by atoms with E-state index >= 15 is 0 Å². The second-order valence-corrected chi connectivity index (χ2v) is 6.79. The maximum atomic E-state index is 14.0. The second kappa shape index (κ2) is 7.74. The van der Waals surface area contributed by atoms with Gasteiger partial charge in [0.2, 0.25) is 5.91 Å². The molecule has 2 heterocycles. The van der Waals surface area contributed by atoms with Crippen LogP contribution in [-0.2, 0) is 4.79 Å². The zero-order valence-corrected chi connectivity index (χ0v) is 14.8. The van der Waals surface area contributed by atoms with Crippen molar-refractivity contribution in [2.75, 3.05) is 33.7 Å². The van der Waals surface area contributed by atoms with E-state index in [0.29, 0.717) is 17.8 Å². The van der Waals surface area contributed by atoms with Gasteiger partial charge in [0.15, 0.2) is 0 Å². The third-order valence-corrected chi connectivity index (χ3v) is 4.70. The van der Waals surface area contributed by atoms with Crippen LogP contribution in [0.2, 0.25) is 0 Å². The quantitative estimate of drug-likeness (QED) is 0.857. The van der Waals surface area contributed by atoms with E-state index in [2.05, 4.69) is 4.90 Å². The van der Waals surface area contributed by atoms with E-state index in [0.717, 1.165) is 31.6 Å². The lowest BCUT2D eigenvalue weighted by molar-refractivity contribution is -0.130. The average Bonchev–Trinajstić information content (AvgIpc) is 2.62. The van der Waals surface area contributed by atoms with Gasteiger partial charge in [0.1, 0.15) is 5.82 Å². The van der Waals surface area contributed by atoms with E-state index in [4.69, 9.17) is 4.98 Å². The van der Waals surface area contributed by atoms with Crippen molar-refractivity contribution in [1.82, 2.24) is 14.8 Å². The zero-order chi connectivity index (χ0) is 17.8. The molecule has 0 N–H and O–H groups in total. The van der Waals surface area contributed by atoms with Gasteiger partial charge in [-0.15, -0.1) is 0 Å². The molecular weight excluding hydrogens is 317 g/mol.